The molecule has 2 unspecified atom stereocenters. The van der Waals surface area contributed by atoms with E-state index in [4.69, 9.17) is 14.2 Å². The molecule has 2 aromatic carbocycles. The lowest BCUT2D eigenvalue weighted by molar-refractivity contribution is -0.277. The normalized spacial score (nSPS) is 32.1. The molecule has 0 amide bonds. The number of aliphatic hydroxyl groups is 5. The van der Waals surface area contributed by atoms with Crippen LogP contribution in [0.2, 0.25) is 0 Å². The quantitative estimate of drug-likeness (QED) is 0.266. The van der Waals surface area contributed by atoms with Crippen LogP contribution in [-0.4, -0.2) is 84.3 Å². The highest BCUT2D eigenvalue weighted by Gasteiger charge is 2.45. The lowest BCUT2D eigenvalue weighted by Crippen LogP contribution is -2.60. The van der Waals surface area contributed by atoms with E-state index in [-0.39, 0.29) is 35.2 Å². The predicted octanol–water partition coefficient (Wildman–Crippen LogP) is -0.981. The van der Waals surface area contributed by atoms with Gasteiger partial charge in [-0.15, -0.1) is 0 Å². The molecule has 0 radical (unpaired) electrons. The Hall–Kier alpha value is -2.80. The summed E-state index contributed by atoms with van der Waals surface area (Å²) in [4.78, 5) is 0. The number of phenolic OH excluding ortho intramolecular Hbond substituents is 3. The average molecular weight is 452 g/mol. The van der Waals surface area contributed by atoms with Crippen molar-refractivity contribution < 1.29 is 55.1 Å². The summed E-state index contributed by atoms with van der Waals surface area (Å²) in [5, 5.41) is 79.5. The third kappa shape index (κ3) is 4.01. The van der Waals surface area contributed by atoms with Crippen LogP contribution in [0.4, 0.5) is 0 Å². The summed E-state index contributed by atoms with van der Waals surface area (Å²) >= 11 is 0. The Morgan fingerprint density at radius 3 is 2.34 bits per heavy atom. The maximum absolute atomic E-state index is 10.7. The van der Waals surface area contributed by atoms with E-state index in [1.165, 1.54) is 30.3 Å². The van der Waals surface area contributed by atoms with Crippen molar-refractivity contribution in [2.45, 2.75) is 49.3 Å². The number of phenols is 3. The Kier molecular flexibility index (Phi) is 6.03. The first-order chi connectivity index (χ1) is 15.2. The van der Waals surface area contributed by atoms with Crippen LogP contribution >= 0.6 is 0 Å². The minimum atomic E-state index is -1.66. The Morgan fingerprint density at radius 1 is 0.906 bits per heavy atom. The molecule has 2 heterocycles. The first-order valence-corrected chi connectivity index (χ1v) is 9.89. The van der Waals surface area contributed by atoms with E-state index >= 15 is 0 Å². The largest absolute Gasteiger partial charge is 0.508 e. The monoisotopic (exact) mass is 452 g/mol. The first-order valence-electron chi connectivity index (χ1n) is 9.89. The van der Waals surface area contributed by atoms with Crippen molar-refractivity contribution in [1.29, 1.82) is 0 Å². The van der Waals surface area contributed by atoms with Gasteiger partial charge in [0, 0.05) is 24.1 Å². The van der Waals surface area contributed by atoms with E-state index in [0.717, 1.165) is 0 Å². The van der Waals surface area contributed by atoms with E-state index < -0.39 is 49.5 Å². The molecular formula is C21H24O11. The number of aromatic hydroxyl groups is 3. The van der Waals surface area contributed by atoms with E-state index in [2.05, 4.69) is 0 Å². The molecular weight excluding hydrogens is 428 g/mol. The maximum Gasteiger partial charge on any atom is 0.229 e. The van der Waals surface area contributed by atoms with Crippen LogP contribution in [0.5, 0.6) is 28.7 Å². The molecule has 0 aromatic heterocycles. The molecule has 8 N–H and O–H groups in total. The molecule has 4 rings (SSSR count). The topological polar surface area (TPSA) is 190 Å². The molecule has 0 saturated carbocycles. The summed E-state index contributed by atoms with van der Waals surface area (Å²) in [6.07, 6.45) is -9.56. The van der Waals surface area contributed by atoms with Gasteiger partial charge in [0.2, 0.25) is 6.29 Å². The van der Waals surface area contributed by atoms with Gasteiger partial charge in [-0.3, -0.25) is 0 Å². The van der Waals surface area contributed by atoms with Crippen LogP contribution < -0.4 is 9.47 Å². The van der Waals surface area contributed by atoms with Crippen molar-refractivity contribution in [2.24, 2.45) is 0 Å². The van der Waals surface area contributed by atoms with Crippen molar-refractivity contribution in [3.05, 3.63) is 41.5 Å². The molecule has 174 valence electrons. The van der Waals surface area contributed by atoms with Crippen molar-refractivity contribution in [3.8, 4) is 28.7 Å². The van der Waals surface area contributed by atoms with Crippen molar-refractivity contribution in [2.75, 3.05) is 6.61 Å². The number of benzene rings is 2. The molecule has 0 spiro atoms. The first kappa shape index (κ1) is 22.4. The molecule has 11 heteroatoms. The van der Waals surface area contributed by atoms with Crippen molar-refractivity contribution in [3.63, 3.8) is 0 Å². The molecule has 2 aliphatic heterocycles. The number of rotatable bonds is 4. The second-order valence-corrected chi connectivity index (χ2v) is 7.79. The Balaban J connectivity index is 1.62. The van der Waals surface area contributed by atoms with Crippen LogP contribution in [0, 0.1) is 0 Å². The summed E-state index contributed by atoms with van der Waals surface area (Å²) < 4.78 is 16.8. The zero-order valence-corrected chi connectivity index (χ0v) is 16.6. The van der Waals surface area contributed by atoms with Crippen molar-refractivity contribution >= 4 is 0 Å². The lowest BCUT2D eigenvalue weighted by atomic mass is 9.93. The number of ether oxygens (including phenoxy) is 3. The van der Waals surface area contributed by atoms with Gasteiger partial charge in [-0.1, -0.05) is 6.07 Å². The standard InChI is InChI=1S/C21H24O11/c22-7-16-17(27)18(28)19(29)21(32-16)31-15-5-9(23)4-14-10(15)6-13(26)20(30-14)8-1-2-11(24)12(25)3-8/h1-5,13,16-29H,6-7H2/t13-,16?,17-,18+,19?,20-,21-/m1/s1. The zero-order chi connectivity index (χ0) is 23.2. The summed E-state index contributed by atoms with van der Waals surface area (Å²) in [5.41, 5.74) is 0.727. The molecule has 1 fully saturated rings. The van der Waals surface area contributed by atoms with Gasteiger partial charge in [0.15, 0.2) is 11.5 Å². The van der Waals surface area contributed by atoms with Gasteiger partial charge < -0.3 is 55.1 Å². The summed E-state index contributed by atoms with van der Waals surface area (Å²) in [6.45, 7) is -0.633. The second kappa shape index (κ2) is 8.62. The molecule has 7 atom stereocenters. The Morgan fingerprint density at radius 2 is 1.66 bits per heavy atom. The summed E-state index contributed by atoms with van der Waals surface area (Å²) in [5.74, 6) is -0.811. The van der Waals surface area contributed by atoms with Crippen LogP contribution in [0.15, 0.2) is 30.3 Å². The third-order valence-corrected chi connectivity index (χ3v) is 5.59. The number of hydrogen-bond acceptors (Lipinski definition) is 11. The van der Waals surface area contributed by atoms with Crippen molar-refractivity contribution in [1.82, 2.24) is 0 Å². The maximum atomic E-state index is 10.7. The third-order valence-electron chi connectivity index (χ3n) is 5.59. The molecule has 32 heavy (non-hydrogen) atoms. The molecule has 0 aliphatic carbocycles. The van der Waals surface area contributed by atoms with Crippen LogP contribution in [-0.2, 0) is 11.2 Å². The van der Waals surface area contributed by atoms with Gasteiger partial charge in [-0.25, -0.2) is 0 Å². The van der Waals surface area contributed by atoms with E-state index in [1.54, 1.807) is 0 Å². The van der Waals surface area contributed by atoms with Crippen LogP contribution in [0.3, 0.4) is 0 Å². The fourth-order valence-corrected chi connectivity index (χ4v) is 3.85. The predicted molar refractivity (Wildman–Crippen MR) is 105 cm³/mol. The number of aliphatic hydroxyl groups excluding tert-OH is 5. The highest BCUT2D eigenvalue weighted by Crippen LogP contribution is 2.44. The number of hydrogen-bond donors (Lipinski definition) is 8. The SMILES string of the molecule is OCC1O[C@@H](Oc2cc(O)cc3c2C[C@@H](O)[C@@H](c2ccc(O)c(O)c2)O3)C(O)[C@@H](O)[C@@H]1O. The van der Waals surface area contributed by atoms with E-state index in [0.29, 0.717) is 11.1 Å². The molecule has 2 aliphatic rings. The molecule has 0 bridgehead atoms. The Bertz CT molecular complexity index is 978. The van der Waals surface area contributed by atoms with Gasteiger partial charge in [-0.2, -0.15) is 0 Å². The summed E-state index contributed by atoms with van der Waals surface area (Å²) in [6, 6.07) is 6.49. The fraction of sp³-hybridized carbons (Fsp3) is 0.429. The lowest BCUT2D eigenvalue weighted by Gasteiger charge is -2.40. The smallest absolute Gasteiger partial charge is 0.229 e. The van der Waals surface area contributed by atoms with Gasteiger partial charge >= 0.3 is 0 Å². The average Bonchev–Trinajstić information content (AvgIpc) is 2.76. The van der Waals surface area contributed by atoms with Gasteiger partial charge in [0.25, 0.3) is 0 Å². The van der Waals surface area contributed by atoms with E-state index in [1.807, 2.05) is 0 Å². The van der Waals surface area contributed by atoms with Gasteiger partial charge in [0.05, 0.1) is 12.7 Å². The van der Waals surface area contributed by atoms with Crippen LogP contribution in [0.25, 0.3) is 0 Å². The minimum absolute atomic E-state index is 0.00428. The Labute approximate surface area is 181 Å². The van der Waals surface area contributed by atoms with Gasteiger partial charge in [-0.05, 0) is 17.7 Å². The second-order valence-electron chi connectivity index (χ2n) is 7.79. The zero-order valence-electron chi connectivity index (χ0n) is 16.6. The van der Waals surface area contributed by atoms with Gasteiger partial charge in [0.1, 0.15) is 47.8 Å². The molecule has 2 aromatic rings. The molecule has 1 saturated heterocycles. The minimum Gasteiger partial charge on any atom is -0.508 e. The van der Waals surface area contributed by atoms with Crippen LogP contribution in [0.1, 0.15) is 17.2 Å². The number of fused-ring (bicyclic) bond motifs is 1. The highest BCUT2D eigenvalue weighted by molar-refractivity contribution is 5.52. The summed E-state index contributed by atoms with van der Waals surface area (Å²) in [7, 11) is 0. The highest BCUT2D eigenvalue weighted by atomic mass is 16.7. The fourth-order valence-electron chi connectivity index (χ4n) is 3.85. The van der Waals surface area contributed by atoms with E-state index in [9.17, 15) is 40.9 Å². The molecule has 11 nitrogen and oxygen atoms in total.